The van der Waals surface area contributed by atoms with E-state index < -0.39 is 23.1 Å². The summed E-state index contributed by atoms with van der Waals surface area (Å²) >= 11 is 6.17. The van der Waals surface area contributed by atoms with Crippen LogP contribution in [0.1, 0.15) is 58.3 Å². The van der Waals surface area contributed by atoms with Crippen molar-refractivity contribution in [3.05, 3.63) is 79.7 Å². The number of carbonyl (C=O) groups excluding carboxylic acids is 2. The van der Waals surface area contributed by atoms with Crippen LogP contribution in [-0.2, 0) is 35.8 Å². The first-order valence-electron chi connectivity index (χ1n) is 15.4. The van der Waals surface area contributed by atoms with Crippen molar-refractivity contribution in [2.75, 3.05) is 32.1 Å². The second kappa shape index (κ2) is 12.1. The van der Waals surface area contributed by atoms with Crippen LogP contribution in [0.15, 0.2) is 35.5 Å². The second-order valence-corrected chi connectivity index (χ2v) is 13.0. The SMILES string of the molecule is CCc1c(C23CCN(C(=O)c4ncnc(C)c4O)CC2C3)c(=O)c2nc(N(C)C)cnc2n1CC(=O)Cc1ccc(C(F)(F)F)cc1Cl. The number of pyridine rings is 1. The van der Waals surface area contributed by atoms with Gasteiger partial charge < -0.3 is 19.5 Å². The molecule has 1 N–H and O–H groups in total. The highest BCUT2D eigenvalue weighted by molar-refractivity contribution is 6.31. The Bertz CT molecular complexity index is 2030. The predicted molar refractivity (Wildman–Crippen MR) is 171 cm³/mol. The zero-order valence-corrected chi connectivity index (χ0v) is 27.5. The maximum atomic E-state index is 14.4. The third-order valence-corrected chi connectivity index (χ3v) is 9.79. The molecule has 15 heteroatoms. The smallest absolute Gasteiger partial charge is 0.416 e. The minimum Gasteiger partial charge on any atom is -0.504 e. The van der Waals surface area contributed by atoms with Gasteiger partial charge in [0, 0.05) is 55.3 Å². The molecule has 1 aliphatic heterocycles. The van der Waals surface area contributed by atoms with Crippen LogP contribution in [0.4, 0.5) is 19.0 Å². The Kier molecular flexibility index (Phi) is 8.42. The molecular formula is C33H33ClF3N7O4. The molecule has 2 aliphatic rings. The number of likely N-dealkylation sites (tertiary alicyclic amines) is 1. The first-order chi connectivity index (χ1) is 22.7. The molecule has 3 aromatic heterocycles. The van der Waals surface area contributed by atoms with Crippen LogP contribution in [-0.4, -0.2) is 73.4 Å². The number of halogens is 4. The summed E-state index contributed by atoms with van der Waals surface area (Å²) in [5.41, 5.74) is 0.228. The zero-order valence-electron chi connectivity index (χ0n) is 26.7. The Morgan fingerprint density at radius 1 is 1.19 bits per heavy atom. The number of rotatable bonds is 8. The molecule has 2 fully saturated rings. The van der Waals surface area contributed by atoms with Gasteiger partial charge in [-0.15, -0.1) is 0 Å². The summed E-state index contributed by atoms with van der Waals surface area (Å²) in [7, 11) is 3.54. The van der Waals surface area contributed by atoms with Gasteiger partial charge in [-0.2, -0.15) is 13.2 Å². The number of Topliss-reactive ketones (excluding diaryl/α,β-unsaturated/α-hetero) is 1. The van der Waals surface area contributed by atoms with Crippen molar-refractivity contribution in [2.45, 2.75) is 57.7 Å². The molecule has 6 rings (SSSR count). The minimum atomic E-state index is -4.57. The molecule has 4 heterocycles. The molecule has 1 aliphatic carbocycles. The molecule has 0 radical (unpaired) electrons. The van der Waals surface area contributed by atoms with Crippen molar-refractivity contribution >= 4 is 40.3 Å². The van der Waals surface area contributed by atoms with Crippen LogP contribution < -0.4 is 10.3 Å². The van der Waals surface area contributed by atoms with Gasteiger partial charge in [-0.25, -0.2) is 19.9 Å². The van der Waals surface area contributed by atoms with E-state index in [4.69, 9.17) is 11.6 Å². The lowest BCUT2D eigenvalue weighted by Gasteiger charge is -2.33. The maximum absolute atomic E-state index is 14.4. The van der Waals surface area contributed by atoms with E-state index in [9.17, 15) is 32.7 Å². The van der Waals surface area contributed by atoms with Crippen LogP contribution in [0.2, 0.25) is 5.02 Å². The summed E-state index contributed by atoms with van der Waals surface area (Å²) in [4.78, 5) is 61.7. The number of carbonyl (C=O) groups is 2. The van der Waals surface area contributed by atoms with E-state index in [0.29, 0.717) is 55.1 Å². The lowest BCUT2D eigenvalue weighted by molar-refractivity contribution is -0.137. The maximum Gasteiger partial charge on any atom is 0.416 e. The van der Waals surface area contributed by atoms with Crippen molar-refractivity contribution < 1.29 is 27.9 Å². The fourth-order valence-electron chi connectivity index (χ4n) is 6.82. The molecule has 2 atom stereocenters. The Morgan fingerprint density at radius 2 is 1.94 bits per heavy atom. The number of aryl methyl sites for hydroxylation is 1. The van der Waals surface area contributed by atoms with Crippen LogP contribution >= 0.6 is 11.6 Å². The Morgan fingerprint density at radius 3 is 2.58 bits per heavy atom. The van der Waals surface area contributed by atoms with Crippen molar-refractivity contribution in [2.24, 2.45) is 5.92 Å². The Hall–Kier alpha value is -4.59. The number of fused-ring (bicyclic) bond motifs is 2. The summed E-state index contributed by atoms with van der Waals surface area (Å²) in [6.45, 7) is 3.91. The number of alkyl halides is 3. The van der Waals surface area contributed by atoms with E-state index in [-0.39, 0.29) is 63.3 Å². The van der Waals surface area contributed by atoms with E-state index in [1.165, 1.54) is 18.6 Å². The number of benzene rings is 1. The van der Waals surface area contributed by atoms with Gasteiger partial charge in [0.2, 0.25) is 5.43 Å². The summed E-state index contributed by atoms with van der Waals surface area (Å²) in [6.07, 6.45) is -0.565. The third-order valence-electron chi connectivity index (χ3n) is 9.44. The van der Waals surface area contributed by atoms with Crippen LogP contribution in [0, 0.1) is 12.8 Å². The average molecular weight is 684 g/mol. The molecule has 2 unspecified atom stereocenters. The monoisotopic (exact) mass is 683 g/mol. The number of ketones is 1. The minimum absolute atomic E-state index is 0.0594. The molecule has 1 amide bonds. The largest absolute Gasteiger partial charge is 0.504 e. The number of aromatic nitrogens is 5. The molecule has 0 bridgehead atoms. The molecule has 252 valence electrons. The number of anilines is 1. The molecule has 1 saturated heterocycles. The molecule has 1 saturated carbocycles. The number of piperidine rings is 1. The highest BCUT2D eigenvalue weighted by atomic mass is 35.5. The number of hydrogen-bond acceptors (Lipinski definition) is 9. The summed E-state index contributed by atoms with van der Waals surface area (Å²) in [5.74, 6) is -0.631. The lowest BCUT2D eigenvalue weighted by Crippen LogP contribution is -2.43. The van der Waals surface area contributed by atoms with E-state index in [1.807, 2.05) is 6.92 Å². The van der Waals surface area contributed by atoms with Gasteiger partial charge in [0.05, 0.1) is 24.0 Å². The first-order valence-corrected chi connectivity index (χ1v) is 15.8. The van der Waals surface area contributed by atoms with E-state index >= 15 is 0 Å². The predicted octanol–water partition coefficient (Wildman–Crippen LogP) is 4.51. The van der Waals surface area contributed by atoms with Crippen LogP contribution in [0.25, 0.3) is 11.2 Å². The second-order valence-electron chi connectivity index (χ2n) is 12.6. The van der Waals surface area contributed by atoms with Crippen LogP contribution in [0.5, 0.6) is 5.75 Å². The highest BCUT2D eigenvalue weighted by Gasteiger charge is 2.60. The average Bonchev–Trinajstić information content (AvgIpc) is 3.77. The molecule has 0 spiro atoms. The summed E-state index contributed by atoms with van der Waals surface area (Å²) < 4.78 is 41.2. The van der Waals surface area contributed by atoms with Crippen molar-refractivity contribution in [1.29, 1.82) is 0 Å². The van der Waals surface area contributed by atoms with E-state index in [1.54, 1.807) is 35.4 Å². The van der Waals surface area contributed by atoms with Crippen molar-refractivity contribution in [3.63, 3.8) is 0 Å². The third kappa shape index (κ3) is 5.75. The Balaban J connectivity index is 1.37. The van der Waals surface area contributed by atoms with Gasteiger partial charge in [-0.05, 0) is 49.8 Å². The van der Waals surface area contributed by atoms with Gasteiger partial charge in [0.25, 0.3) is 5.91 Å². The zero-order chi connectivity index (χ0) is 34.7. The normalized spacial score (nSPS) is 18.9. The topological polar surface area (TPSA) is 134 Å². The lowest BCUT2D eigenvalue weighted by atomic mass is 9.84. The number of amides is 1. The van der Waals surface area contributed by atoms with Crippen LogP contribution in [0.3, 0.4) is 0 Å². The van der Waals surface area contributed by atoms with Gasteiger partial charge in [0.1, 0.15) is 12.1 Å². The van der Waals surface area contributed by atoms with Crippen molar-refractivity contribution in [3.8, 4) is 5.75 Å². The quantitative estimate of drug-likeness (QED) is 0.285. The van der Waals surface area contributed by atoms with Crippen molar-refractivity contribution in [1.82, 2.24) is 29.4 Å². The molecule has 11 nitrogen and oxygen atoms in total. The molecule has 4 aromatic rings. The van der Waals surface area contributed by atoms with Gasteiger partial charge in [0.15, 0.2) is 28.4 Å². The number of aromatic hydroxyl groups is 1. The fraction of sp³-hybridized carbons (Fsp3) is 0.424. The number of nitrogens with zero attached hydrogens (tertiary/aromatic N) is 7. The molecule has 48 heavy (non-hydrogen) atoms. The molecular weight excluding hydrogens is 651 g/mol. The Labute approximate surface area is 278 Å². The van der Waals surface area contributed by atoms with Gasteiger partial charge >= 0.3 is 6.18 Å². The van der Waals surface area contributed by atoms with Gasteiger partial charge in [-0.1, -0.05) is 24.6 Å². The fourth-order valence-corrected chi connectivity index (χ4v) is 7.07. The highest BCUT2D eigenvalue weighted by Crippen LogP contribution is 2.59. The molecule has 1 aromatic carbocycles. The summed E-state index contributed by atoms with van der Waals surface area (Å²) in [6, 6.07) is 2.90. The summed E-state index contributed by atoms with van der Waals surface area (Å²) in [5, 5.41) is 10.2. The standard InChI is InChI=1S/C33H33ClF3N7O4/c1-5-23-25(32-8-9-43(14-20(32)12-32)31(48)27-28(46)17(2)39-16-40-27)29(47)26-30(38-13-24(41-26)42(3)4)44(23)15-21(45)10-18-6-7-19(11-22(18)34)33(35,36)37/h6-7,11,13,16,20,46H,5,8-10,12,14-15H2,1-4H3. The van der Waals surface area contributed by atoms with E-state index in [2.05, 4.69) is 19.9 Å². The van der Waals surface area contributed by atoms with E-state index in [0.717, 1.165) is 12.1 Å². The first kappa shape index (κ1) is 33.3. The van der Waals surface area contributed by atoms with Gasteiger partial charge in [-0.3, -0.25) is 14.4 Å². The number of hydrogen-bond donors (Lipinski definition) is 1.